The number of carbonyl (C=O) groups is 1. The van der Waals surface area contributed by atoms with Gasteiger partial charge in [-0.15, -0.1) is 0 Å². The molecule has 0 aliphatic rings. The van der Waals surface area contributed by atoms with Crippen LogP contribution < -0.4 is 5.32 Å². The number of likely N-dealkylation sites (N-methyl/N-ethyl adjacent to an activating group) is 1. The van der Waals surface area contributed by atoms with E-state index in [0.29, 0.717) is 30.3 Å². The summed E-state index contributed by atoms with van der Waals surface area (Å²) in [7, 11) is 1.56. The molecule has 0 aliphatic heterocycles. The molecule has 0 aliphatic carbocycles. The monoisotopic (exact) mass is 832 g/mol. The Morgan fingerprint density at radius 2 is 1.02 bits per heavy atom. The topological polar surface area (TPSA) is 105 Å². The van der Waals surface area contributed by atoms with E-state index in [2.05, 4.69) is 104 Å². The van der Waals surface area contributed by atoms with Crippen molar-refractivity contribution in [2.24, 2.45) is 0 Å². The van der Waals surface area contributed by atoms with E-state index in [0.717, 1.165) is 70.6 Å². The minimum Gasteiger partial charge on any atom is -0.391 e. The molecule has 9 heteroatoms. The number of nitrogens with zero attached hydrogens (tertiary/aromatic N) is 1. The van der Waals surface area contributed by atoms with Crippen molar-refractivity contribution < 1.29 is 32.9 Å². The van der Waals surface area contributed by atoms with E-state index in [1.165, 1.54) is 64.2 Å². The molecule has 0 spiro atoms. The van der Waals surface area contributed by atoms with Crippen molar-refractivity contribution in [1.29, 1.82) is 0 Å². The number of hydrogen-bond acceptors (Lipinski definition) is 5. The highest BCUT2D eigenvalue weighted by Crippen LogP contribution is 2.43. The number of nitrogens with one attached hydrogen (secondary N) is 1. The fourth-order valence-electron chi connectivity index (χ4n) is 6.03. The van der Waals surface area contributed by atoms with Crippen molar-refractivity contribution in [3.8, 4) is 0 Å². The highest BCUT2D eigenvalue weighted by molar-refractivity contribution is 7.47. The number of rotatable bonds is 40. The first-order chi connectivity index (χ1) is 28.0. The van der Waals surface area contributed by atoms with Gasteiger partial charge in [0.2, 0.25) is 5.91 Å². The van der Waals surface area contributed by atoms with Crippen LogP contribution >= 0.6 is 7.82 Å². The van der Waals surface area contributed by atoms with Crippen molar-refractivity contribution in [1.82, 2.24) is 5.32 Å². The van der Waals surface area contributed by atoms with Gasteiger partial charge in [-0.25, -0.2) is 4.57 Å². The first-order valence-corrected chi connectivity index (χ1v) is 24.4. The number of amides is 1. The van der Waals surface area contributed by atoms with Gasteiger partial charge in [-0.05, 0) is 64.2 Å². The summed E-state index contributed by atoms with van der Waals surface area (Å²) in [6.07, 6.45) is 54.7. The molecule has 0 fully saturated rings. The van der Waals surface area contributed by atoms with Crippen LogP contribution in [0.5, 0.6) is 0 Å². The second-order valence-corrected chi connectivity index (χ2v) is 17.9. The van der Waals surface area contributed by atoms with Gasteiger partial charge in [0.05, 0.1) is 39.9 Å². The third kappa shape index (κ3) is 41.8. The van der Waals surface area contributed by atoms with Crippen molar-refractivity contribution >= 4 is 13.7 Å². The van der Waals surface area contributed by atoms with Gasteiger partial charge >= 0.3 is 7.82 Å². The normalized spacial score (nSPS) is 15.1. The van der Waals surface area contributed by atoms with Gasteiger partial charge in [-0.2, -0.15) is 0 Å². The number of aliphatic hydroxyl groups is 1. The first kappa shape index (κ1) is 55.7. The third-order valence-electron chi connectivity index (χ3n) is 9.66. The Labute approximate surface area is 356 Å². The van der Waals surface area contributed by atoms with Crippen LogP contribution in [0.4, 0.5) is 0 Å². The highest BCUT2D eigenvalue weighted by atomic mass is 31.2. The number of hydrogen-bond donors (Lipinski definition) is 3. The van der Waals surface area contributed by atoms with Crippen LogP contribution in [0.2, 0.25) is 0 Å². The number of allylic oxidation sites excluding steroid dienone is 14. The summed E-state index contributed by atoms with van der Waals surface area (Å²) in [5.74, 6) is -0.206. The highest BCUT2D eigenvalue weighted by Gasteiger charge is 2.28. The molecule has 0 aromatic carbocycles. The van der Waals surface area contributed by atoms with Gasteiger partial charge in [0.25, 0.3) is 0 Å². The van der Waals surface area contributed by atoms with Gasteiger partial charge in [0.1, 0.15) is 13.2 Å². The average Bonchev–Trinajstić information content (AvgIpc) is 3.17. The molecule has 0 rings (SSSR count). The van der Waals surface area contributed by atoms with Crippen molar-refractivity contribution in [3.63, 3.8) is 0 Å². The molecule has 0 bridgehead atoms. The van der Waals surface area contributed by atoms with E-state index < -0.39 is 20.0 Å². The summed E-state index contributed by atoms with van der Waals surface area (Å²) in [4.78, 5) is 23.1. The van der Waals surface area contributed by atoms with Crippen LogP contribution in [-0.4, -0.2) is 73.4 Å². The number of aliphatic hydroxyl groups excluding tert-OH is 1. The summed E-state index contributed by atoms with van der Waals surface area (Å²) < 4.78 is 23.6. The predicted octanol–water partition coefficient (Wildman–Crippen LogP) is 13.0. The predicted molar refractivity (Wildman–Crippen MR) is 249 cm³/mol. The molecule has 58 heavy (non-hydrogen) atoms. The molecule has 0 saturated heterocycles. The lowest BCUT2D eigenvalue weighted by atomic mass is 10.0. The lowest BCUT2D eigenvalue weighted by Gasteiger charge is -2.26. The zero-order chi connectivity index (χ0) is 42.8. The molecular weight excluding hydrogens is 744 g/mol. The molecule has 0 radical (unpaired) electrons. The average molecular weight is 832 g/mol. The Hall–Kier alpha value is -2.32. The van der Waals surface area contributed by atoms with E-state index in [-0.39, 0.29) is 19.1 Å². The molecule has 3 N–H and O–H groups in total. The minimum absolute atomic E-state index is 0.0590. The second-order valence-electron chi connectivity index (χ2n) is 16.4. The van der Waals surface area contributed by atoms with Gasteiger partial charge in [-0.3, -0.25) is 13.8 Å². The molecule has 0 aromatic heterocycles. The number of quaternary nitrogens is 1. The maximum Gasteiger partial charge on any atom is 0.472 e. The van der Waals surface area contributed by atoms with Crippen LogP contribution in [0, 0.1) is 0 Å². The Morgan fingerprint density at radius 1 is 0.603 bits per heavy atom. The summed E-state index contributed by atoms with van der Waals surface area (Å²) in [5, 5.41) is 13.9. The van der Waals surface area contributed by atoms with Crippen LogP contribution in [0.15, 0.2) is 85.1 Å². The Bertz CT molecular complexity index is 1220. The Balaban J connectivity index is 4.46. The standard InChI is InChI=1S/C49H87N2O6P/c1-6-8-10-12-14-16-18-20-21-22-23-24-25-26-27-28-29-31-33-35-37-39-41-43-49(53)50-47(46-57-58(54,55)56-45-44-51(3,4)5)48(52)42-40-38-36-34-32-30-19-17-15-13-11-9-7-2/h8,10,14,16,20-21,23-24,26-27,29,31,35,37,47-48,52H,6-7,9,11-13,15,17-19,22,25,28,30,32-34,36,38-46H2,1-5H3,(H-,50,53,54,55)/p+1/b10-8-,16-14-,21-20-,24-23-,27-26-,31-29-,37-35-. The number of phosphoric acid groups is 1. The SMILES string of the molecule is CC/C=C\C/C=C\C/C=C\C/C=C\C/C=C\C/C=C\C/C=C\CCCC(=O)NC(COP(=O)(O)OCC[N+](C)(C)C)C(O)CCCCCCCCCCCCCCC. The zero-order valence-corrected chi connectivity index (χ0v) is 38.6. The van der Waals surface area contributed by atoms with Crippen LogP contribution in [0.1, 0.15) is 168 Å². The summed E-state index contributed by atoms with van der Waals surface area (Å²) in [6, 6.07) is -0.795. The minimum atomic E-state index is -4.33. The summed E-state index contributed by atoms with van der Waals surface area (Å²) >= 11 is 0. The van der Waals surface area contributed by atoms with Crippen molar-refractivity contribution in [2.45, 2.75) is 180 Å². The molecule has 8 nitrogen and oxygen atoms in total. The zero-order valence-electron chi connectivity index (χ0n) is 37.8. The first-order valence-electron chi connectivity index (χ1n) is 23.0. The van der Waals surface area contributed by atoms with Crippen LogP contribution in [-0.2, 0) is 18.4 Å². The fourth-order valence-corrected chi connectivity index (χ4v) is 6.77. The molecule has 3 unspecified atom stereocenters. The second kappa shape index (κ2) is 40.1. The molecule has 0 saturated carbocycles. The number of unbranched alkanes of at least 4 members (excludes halogenated alkanes) is 13. The van der Waals surface area contributed by atoms with Gasteiger partial charge in [0, 0.05) is 6.42 Å². The van der Waals surface area contributed by atoms with Crippen molar-refractivity contribution in [2.75, 3.05) is 40.9 Å². The van der Waals surface area contributed by atoms with E-state index in [1.54, 1.807) is 0 Å². The lowest BCUT2D eigenvalue weighted by molar-refractivity contribution is -0.870. The third-order valence-corrected chi connectivity index (χ3v) is 10.6. The van der Waals surface area contributed by atoms with E-state index in [1.807, 2.05) is 21.1 Å². The van der Waals surface area contributed by atoms with E-state index in [9.17, 15) is 19.4 Å². The summed E-state index contributed by atoms with van der Waals surface area (Å²) in [5.41, 5.74) is 0. The molecular formula is C49H88N2O6P+. The summed E-state index contributed by atoms with van der Waals surface area (Å²) in [6.45, 7) is 4.70. The Kier molecular flexibility index (Phi) is 38.5. The molecule has 3 atom stereocenters. The van der Waals surface area contributed by atoms with Crippen molar-refractivity contribution in [3.05, 3.63) is 85.1 Å². The maximum atomic E-state index is 12.9. The van der Waals surface area contributed by atoms with E-state index in [4.69, 9.17) is 9.05 Å². The fraction of sp³-hybridized carbons (Fsp3) is 0.694. The van der Waals surface area contributed by atoms with Gasteiger partial charge in [0.15, 0.2) is 0 Å². The van der Waals surface area contributed by atoms with Gasteiger partial charge < -0.3 is 19.8 Å². The maximum absolute atomic E-state index is 12.9. The lowest BCUT2D eigenvalue weighted by Crippen LogP contribution is -2.46. The largest absolute Gasteiger partial charge is 0.472 e. The molecule has 1 amide bonds. The van der Waals surface area contributed by atoms with Gasteiger partial charge in [-0.1, -0.05) is 182 Å². The molecule has 334 valence electrons. The van der Waals surface area contributed by atoms with Crippen LogP contribution in [0.25, 0.3) is 0 Å². The number of phosphoric ester groups is 1. The Morgan fingerprint density at radius 3 is 1.45 bits per heavy atom. The smallest absolute Gasteiger partial charge is 0.391 e. The molecule has 0 aromatic rings. The van der Waals surface area contributed by atoms with Crippen LogP contribution in [0.3, 0.4) is 0 Å². The number of carbonyl (C=O) groups excluding carboxylic acids is 1. The quantitative estimate of drug-likeness (QED) is 0.0246. The van der Waals surface area contributed by atoms with E-state index >= 15 is 0 Å². The molecule has 0 heterocycles.